The summed E-state index contributed by atoms with van der Waals surface area (Å²) in [5.74, 6) is -0.373. The Hall–Kier alpha value is -0.800. The molecule has 102 valence electrons. The zero-order valence-electron chi connectivity index (χ0n) is 9.74. The van der Waals surface area contributed by atoms with Gasteiger partial charge in [0.2, 0.25) is 0 Å². The molecule has 2 aliphatic heterocycles. The molecule has 2 saturated heterocycles. The summed E-state index contributed by atoms with van der Waals surface area (Å²) in [6, 6.07) is 0. The lowest BCUT2D eigenvalue weighted by atomic mass is 10.4. The van der Waals surface area contributed by atoms with E-state index in [1.165, 1.54) is 34.9 Å². The number of hydrogen-bond acceptors (Lipinski definition) is 9. The monoisotopic (exact) mass is 318 g/mol. The highest BCUT2D eigenvalue weighted by Gasteiger charge is 2.31. The molecule has 0 N–H and O–H groups in total. The van der Waals surface area contributed by atoms with Gasteiger partial charge in [-0.05, 0) is 0 Å². The van der Waals surface area contributed by atoms with Gasteiger partial charge in [-0.3, -0.25) is 9.59 Å². The third kappa shape index (κ3) is 3.03. The lowest BCUT2D eigenvalue weighted by Crippen LogP contribution is -2.08. The van der Waals surface area contributed by atoms with E-state index < -0.39 is 0 Å². The molecule has 2 aliphatic rings. The van der Waals surface area contributed by atoms with Gasteiger partial charge < -0.3 is 9.47 Å². The Morgan fingerprint density at radius 1 is 0.947 bits per heavy atom. The van der Waals surface area contributed by atoms with Gasteiger partial charge in [0.25, 0.3) is 0 Å². The molecule has 1 aromatic heterocycles. The Morgan fingerprint density at radius 2 is 1.42 bits per heavy atom. The van der Waals surface area contributed by atoms with Gasteiger partial charge in [-0.25, -0.2) is 0 Å². The van der Waals surface area contributed by atoms with Gasteiger partial charge in [0.15, 0.2) is 8.68 Å². The van der Waals surface area contributed by atoms with Crippen LogP contribution in [0, 0.1) is 0 Å². The van der Waals surface area contributed by atoms with Gasteiger partial charge in [0.1, 0.15) is 10.5 Å². The third-order valence-corrected chi connectivity index (χ3v) is 6.23. The fourth-order valence-electron chi connectivity index (χ4n) is 1.70. The van der Waals surface area contributed by atoms with Crippen LogP contribution in [-0.4, -0.2) is 45.8 Å². The average Bonchev–Trinajstić information content (AvgIpc) is 3.07. The van der Waals surface area contributed by atoms with Crippen molar-refractivity contribution < 1.29 is 19.1 Å². The number of carbonyl (C=O) groups excluding carboxylic acids is 2. The van der Waals surface area contributed by atoms with Crippen LogP contribution in [0.2, 0.25) is 0 Å². The van der Waals surface area contributed by atoms with Crippen molar-refractivity contribution in [1.82, 2.24) is 10.2 Å². The summed E-state index contributed by atoms with van der Waals surface area (Å²) in [5.41, 5.74) is 0. The molecule has 0 saturated carbocycles. The second-order valence-corrected chi connectivity index (χ2v) is 7.84. The Balaban J connectivity index is 1.59. The second-order valence-electron chi connectivity index (χ2n) is 3.96. The second kappa shape index (κ2) is 5.68. The van der Waals surface area contributed by atoms with Crippen LogP contribution in [0.25, 0.3) is 0 Å². The van der Waals surface area contributed by atoms with E-state index in [1.54, 1.807) is 0 Å². The normalized spacial score (nSPS) is 26.5. The minimum Gasteiger partial charge on any atom is -0.465 e. The molecule has 2 unspecified atom stereocenters. The molecule has 0 amide bonds. The highest BCUT2D eigenvalue weighted by molar-refractivity contribution is 8.04. The van der Waals surface area contributed by atoms with Gasteiger partial charge >= 0.3 is 11.9 Å². The van der Waals surface area contributed by atoms with Crippen molar-refractivity contribution in [3.63, 3.8) is 0 Å². The first-order valence-electron chi connectivity index (χ1n) is 5.72. The predicted molar refractivity (Wildman–Crippen MR) is 70.4 cm³/mol. The smallest absolute Gasteiger partial charge is 0.319 e. The summed E-state index contributed by atoms with van der Waals surface area (Å²) in [6.45, 7) is 0.954. The molecule has 2 fully saturated rings. The molecule has 0 radical (unpaired) electrons. The maximum atomic E-state index is 11.4. The Bertz CT molecular complexity index is 464. The molecule has 0 aliphatic carbocycles. The van der Waals surface area contributed by atoms with Crippen molar-refractivity contribution in [2.45, 2.75) is 32.0 Å². The van der Waals surface area contributed by atoms with Crippen LogP contribution < -0.4 is 0 Å². The van der Waals surface area contributed by atoms with Crippen LogP contribution in [0.3, 0.4) is 0 Å². The van der Waals surface area contributed by atoms with Gasteiger partial charge in [0.05, 0.1) is 13.2 Å². The van der Waals surface area contributed by atoms with Crippen molar-refractivity contribution in [2.75, 3.05) is 13.2 Å². The van der Waals surface area contributed by atoms with Crippen LogP contribution >= 0.6 is 34.9 Å². The van der Waals surface area contributed by atoms with Gasteiger partial charge in [-0.2, -0.15) is 0 Å². The first-order chi connectivity index (χ1) is 9.22. The molecule has 19 heavy (non-hydrogen) atoms. The highest BCUT2D eigenvalue weighted by Crippen LogP contribution is 2.37. The van der Waals surface area contributed by atoms with Crippen LogP contribution in [-0.2, 0) is 19.1 Å². The van der Waals surface area contributed by atoms with E-state index in [-0.39, 0.29) is 22.4 Å². The number of nitrogens with zero attached hydrogens (tertiary/aromatic N) is 2. The van der Waals surface area contributed by atoms with Crippen molar-refractivity contribution in [1.29, 1.82) is 0 Å². The number of carbonyl (C=O) groups is 2. The number of rotatable bonds is 4. The van der Waals surface area contributed by atoms with Crippen LogP contribution in [0.4, 0.5) is 0 Å². The first-order valence-corrected chi connectivity index (χ1v) is 8.30. The molecule has 0 bridgehead atoms. The van der Waals surface area contributed by atoms with Gasteiger partial charge in [-0.1, -0.05) is 34.9 Å². The number of aromatic nitrogens is 2. The molecule has 2 atom stereocenters. The molecule has 0 aromatic carbocycles. The summed E-state index contributed by atoms with van der Waals surface area (Å²) >= 11 is 4.16. The molecular weight excluding hydrogens is 308 g/mol. The van der Waals surface area contributed by atoms with E-state index in [4.69, 9.17) is 9.47 Å². The predicted octanol–water partition coefficient (Wildman–Crippen LogP) is 1.35. The zero-order valence-corrected chi connectivity index (χ0v) is 12.2. The molecule has 9 heteroatoms. The minimum absolute atomic E-state index is 0.178. The van der Waals surface area contributed by atoms with Crippen molar-refractivity contribution >= 4 is 46.8 Å². The zero-order chi connectivity index (χ0) is 13.2. The summed E-state index contributed by atoms with van der Waals surface area (Å²) < 4.78 is 11.3. The standard InChI is InChI=1S/C10H10N2O4S3/c13-7-5(1-3-15-7)17-9-11-12-10(19-9)18-6-2-4-16-8(6)14/h5-6H,1-4H2. The molecule has 0 spiro atoms. The largest absolute Gasteiger partial charge is 0.465 e. The fourth-order valence-corrected chi connectivity index (χ4v) is 5.15. The highest BCUT2D eigenvalue weighted by atomic mass is 32.2. The number of hydrogen-bond donors (Lipinski definition) is 0. The van der Waals surface area contributed by atoms with Crippen molar-refractivity contribution in [2.24, 2.45) is 0 Å². The summed E-state index contributed by atoms with van der Waals surface area (Å²) in [7, 11) is 0. The summed E-state index contributed by atoms with van der Waals surface area (Å²) in [6.07, 6.45) is 1.42. The van der Waals surface area contributed by atoms with E-state index >= 15 is 0 Å². The summed E-state index contributed by atoms with van der Waals surface area (Å²) in [4.78, 5) is 22.7. The molecule has 6 nitrogen and oxygen atoms in total. The Morgan fingerprint density at radius 3 is 1.79 bits per heavy atom. The Kier molecular flexibility index (Phi) is 3.94. The van der Waals surface area contributed by atoms with Crippen molar-refractivity contribution in [3.8, 4) is 0 Å². The first kappa shape index (κ1) is 13.2. The average molecular weight is 318 g/mol. The number of thioether (sulfide) groups is 2. The lowest BCUT2D eigenvalue weighted by Gasteiger charge is -2.00. The van der Waals surface area contributed by atoms with E-state index in [2.05, 4.69) is 10.2 Å². The maximum absolute atomic E-state index is 11.4. The fraction of sp³-hybridized carbons (Fsp3) is 0.600. The van der Waals surface area contributed by atoms with Crippen LogP contribution in [0.1, 0.15) is 12.8 Å². The lowest BCUT2D eigenvalue weighted by molar-refractivity contribution is -0.138. The third-order valence-electron chi connectivity index (χ3n) is 2.65. The van der Waals surface area contributed by atoms with E-state index in [1.807, 2.05) is 0 Å². The number of cyclic esters (lactones) is 2. The molecule has 3 rings (SSSR count). The molecule has 1 aromatic rings. The van der Waals surface area contributed by atoms with E-state index in [0.29, 0.717) is 26.1 Å². The quantitative estimate of drug-likeness (QED) is 0.770. The Labute approximate surface area is 121 Å². The van der Waals surface area contributed by atoms with E-state index in [9.17, 15) is 9.59 Å². The van der Waals surface area contributed by atoms with Gasteiger partial charge in [-0.15, -0.1) is 10.2 Å². The van der Waals surface area contributed by atoms with E-state index in [0.717, 1.165) is 8.68 Å². The maximum Gasteiger partial charge on any atom is 0.319 e. The van der Waals surface area contributed by atoms with Gasteiger partial charge in [0, 0.05) is 12.8 Å². The number of esters is 2. The SMILES string of the molecule is O=C1OCCC1Sc1nnc(SC2CCOC2=O)s1. The number of ether oxygens (including phenoxy) is 2. The topological polar surface area (TPSA) is 78.4 Å². The molecular formula is C10H10N2O4S3. The summed E-state index contributed by atoms with van der Waals surface area (Å²) in [5, 5.41) is 7.71. The van der Waals surface area contributed by atoms with Crippen LogP contribution in [0.15, 0.2) is 8.68 Å². The van der Waals surface area contributed by atoms with Crippen molar-refractivity contribution in [3.05, 3.63) is 0 Å². The molecule has 3 heterocycles. The van der Waals surface area contributed by atoms with Crippen LogP contribution in [0.5, 0.6) is 0 Å². The minimum atomic E-state index is -0.186.